The molecule has 0 aliphatic carbocycles. The minimum Gasteiger partial charge on any atom is -0.493 e. The number of rotatable bonds is 6. The molecule has 1 atom stereocenters. The molecule has 0 aliphatic heterocycles. The van der Waals surface area contributed by atoms with Gasteiger partial charge in [-0.3, -0.25) is 9.59 Å². The second-order valence-corrected chi connectivity index (χ2v) is 4.99. The number of halogens is 1. The topological polar surface area (TPSA) is 84.9 Å². The molecule has 0 heterocycles. The Bertz CT molecular complexity index is 571. The molecule has 0 bridgehead atoms. The van der Waals surface area contributed by atoms with Crippen LogP contribution in [0, 0.1) is 0 Å². The highest BCUT2D eigenvalue weighted by molar-refractivity contribution is 9.10. The van der Waals surface area contributed by atoms with Gasteiger partial charge in [0.05, 0.1) is 18.7 Å². The van der Waals surface area contributed by atoms with Gasteiger partial charge < -0.3 is 19.9 Å². The molecule has 0 aromatic heterocycles. The first-order valence-corrected chi connectivity index (χ1v) is 6.81. The molecule has 0 radical (unpaired) electrons. The fraction of sp³-hybridized carbons (Fsp3) is 0.286. The lowest BCUT2D eigenvalue weighted by Crippen LogP contribution is -2.37. The summed E-state index contributed by atoms with van der Waals surface area (Å²) in [5.41, 5.74) is 0.706. The Labute approximate surface area is 130 Å². The van der Waals surface area contributed by atoms with Gasteiger partial charge in [0, 0.05) is 6.08 Å². The van der Waals surface area contributed by atoms with Crippen LogP contribution in [0.1, 0.15) is 12.5 Å². The van der Waals surface area contributed by atoms with Crippen LogP contribution in [-0.2, 0) is 9.59 Å². The summed E-state index contributed by atoms with van der Waals surface area (Å²) in [5, 5.41) is 11.0. The van der Waals surface area contributed by atoms with Crippen molar-refractivity contribution in [2.45, 2.75) is 13.0 Å². The normalized spacial score (nSPS) is 12.0. The minimum absolute atomic E-state index is 0.490. The van der Waals surface area contributed by atoms with Crippen molar-refractivity contribution < 1.29 is 24.2 Å². The summed E-state index contributed by atoms with van der Waals surface area (Å²) < 4.78 is 11.1. The third-order valence-electron chi connectivity index (χ3n) is 2.61. The van der Waals surface area contributed by atoms with Gasteiger partial charge in [-0.2, -0.15) is 0 Å². The predicted molar refractivity (Wildman–Crippen MR) is 81.5 cm³/mol. The molecule has 0 spiro atoms. The molecule has 1 amide bonds. The van der Waals surface area contributed by atoms with E-state index in [9.17, 15) is 9.59 Å². The number of carboxylic acids is 1. The highest BCUT2D eigenvalue weighted by Crippen LogP contribution is 2.36. The number of benzene rings is 1. The number of ether oxygens (including phenoxy) is 2. The summed E-state index contributed by atoms with van der Waals surface area (Å²) in [7, 11) is 3.04. The summed E-state index contributed by atoms with van der Waals surface area (Å²) in [6.07, 6.45) is 2.81. The van der Waals surface area contributed by atoms with E-state index >= 15 is 0 Å². The van der Waals surface area contributed by atoms with Crippen molar-refractivity contribution >= 4 is 33.9 Å². The first-order chi connectivity index (χ1) is 9.88. The maximum Gasteiger partial charge on any atom is 0.325 e. The van der Waals surface area contributed by atoms with Crippen LogP contribution in [-0.4, -0.2) is 37.2 Å². The molecule has 1 aromatic carbocycles. The number of carboxylic acid groups (broad SMARTS) is 1. The minimum atomic E-state index is -1.09. The van der Waals surface area contributed by atoms with E-state index in [4.69, 9.17) is 14.6 Å². The Kier molecular flexibility index (Phi) is 6.23. The number of carbonyl (C=O) groups is 2. The van der Waals surface area contributed by atoms with Gasteiger partial charge in [0.2, 0.25) is 5.91 Å². The van der Waals surface area contributed by atoms with E-state index in [1.807, 2.05) is 0 Å². The number of nitrogens with one attached hydrogen (secondary N) is 1. The number of carbonyl (C=O) groups excluding carboxylic acids is 1. The second-order valence-electron chi connectivity index (χ2n) is 4.14. The highest BCUT2D eigenvalue weighted by Gasteiger charge is 2.12. The summed E-state index contributed by atoms with van der Waals surface area (Å²) in [5.74, 6) is -0.508. The van der Waals surface area contributed by atoms with E-state index in [0.717, 1.165) is 0 Å². The van der Waals surface area contributed by atoms with Crippen molar-refractivity contribution in [1.29, 1.82) is 0 Å². The molecule has 21 heavy (non-hydrogen) atoms. The number of hydrogen-bond acceptors (Lipinski definition) is 4. The lowest BCUT2D eigenvalue weighted by atomic mass is 10.2. The van der Waals surface area contributed by atoms with Gasteiger partial charge in [-0.25, -0.2) is 0 Å². The summed E-state index contributed by atoms with van der Waals surface area (Å²) >= 11 is 3.35. The molecule has 114 valence electrons. The van der Waals surface area contributed by atoms with Crippen molar-refractivity contribution in [3.8, 4) is 11.5 Å². The van der Waals surface area contributed by atoms with Gasteiger partial charge in [0.25, 0.3) is 0 Å². The van der Waals surface area contributed by atoms with E-state index in [-0.39, 0.29) is 0 Å². The molecule has 0 aliphatic rings. The van der Waals surface area contributed by atoms with Crippen molar-refractivity contribution in [2.75, 3.05) is 14.2 Å². The van der Waals surface area contributed by atoms with Crippen LogP contribution < -0.4 is 14.8 Å². The number of hydrogen-bond donors (Lipinski definition) is 2. The molecular weight excluding hydrogens is 342 g/mol. The average molecular weight is 358 g/mol. The molecule has 1 rings (SSSR count). The monoisotopic (exact) mass is 357 g/mol. The van der Waals surface area contributed by atoms with E-state index in [2.05, 4.69) is 21.2 Å². The Hall–Kier alpha value is -2.02. The molecule has 0 saturated heterocycles. The van der Waals surface area contributed by atoms with Gasteiger partial charge >= 0.3 is 5.97 Å². The smallest absolute Gasteiger partial charge is 0.325 e. The van der Waals surface area contributed by atoms with Crippen molar-refractivity contribution in [1.82, 2.24) is 5.32 Å². The SMILES string of the molecule is COc1cc(/C=C/C(=O)N[C@@H](C)C(=O)O)cc(Br)c1OC. The molecular formula is C14H16BrNO5. The second kappa shape index (κ2) is 7.68. The van der Waals surface area contributed by atoms with E-state index in [1.165, 1.54) is 27.2 Å². The largest absolute Gasteiger partial charge is 0.493 e. The predicted octanol–water partition coefficient (Wildman–Crippen LogP) is 2.07. The summed E-state index contributed by atoms with van der Waals surface area (Å²) in [4.78, 5) is 22.2. The van der Waals surface area contributed by atoms with E-state index in [0.29, 0.717) is 21.5 Å². The quantitative estimate of drug-likeness (QED) is 0.761. The average Bonchev–Trinajstić information content (AvgIpc) is 2.44. The van der Waals surface area contributed by atoms with Crippen molar-refractivity contribution in [2.24, 2.45) is 0 Å². The van der Waals surface area contributed by atoms with Crippen molar-refractivity contribution in [3.63, 3.8) is 0 Å². The van der Waals surface area contributed by atoms with Crippen LogP contribution in [0.5, 0.6) is 11.5 Å². The zero-order valence-corrected chi connectivity index (χ0v) is 13.4. The van der Waals surface area contributed by atoms with Gasteiger partial charge in [-0.05, 0) is 46.6 Å². The standard InChI is InChI=1S/C14H16BrNO5/c1-8(14(18)19)16-12(17)5-4-9-6-10(15)13(21-3)11(7-9)20-2/h4-8H,1-3H3,(H,16,17)(H,18,19)/b5-4+/t8-/m0/s1. The molecule has 0 unspecified atom stereocenters. The number of amides is 1. The van der Waals surface area contributed by atoms with Gasteiger partial charge in [-0.1, -0.05) is 0 Å². The maximum absolute atomic E-state index is 11.6. The first kappa shape index (κ1) is 17.0. The molecule has 0 saturated carbocycles. The van der Waals surface area contributed by atoms with Gasteiger partial charge in [0.15, 0.2) is 11.5 Å². The lowest BCUT2D eigenvalue weighted by Gasteiger charge is -2.10. The molecule has 2 N–H and O–H groups in total. The van der Waals surface area contributed by atoms with Crippen LogP contribution in [0.25, 0.3) is 6.08 Å². The molecule has 0 fully saturated rings. The van der Waals surface area contributed by atoms with Gasteiger partial charge in [-0.15, -0.1) is 0 Å². The molecule has 6 nitrogen and oxygen atoms in total. The van der Waals surface area contributed by atoms with E-state index in [1.54, 1.807) is 18.2 Å². The maximum atomic E-state index is 11.6. The van der Waals surface area contributed by atoms with Crippen LogP contribution in [0.3, 0.4) is 0 Å². The van der Waals surface area contributed by atoms with Gasteiger partial charge in [0.1, 0.15) is 6.04 Å². The van der Waals surface area contributed by atoms with Crippen LogP contribution in [0.15, 0.2) is 22.7 Å². The Morgan fingerprint density at radius 1 is 1.33 bits per heavy atom. The van der Waals surface area contributed by atoms with Crippen molar-refractivity contribution in [3.05, 3.63) is 28.2 Å². The Morgan fingerprint density at radius 3 is 2.52 bits per heavy atom. The number of aliphatic carboxylic acids is 1. The lowest BCUT2D eigenvalue weighted by molar-refractivity contribution is -0.140. The Morgan fingerprint density at radius 2 is 2.00 bits per heavy atom. The fourth-order valence-corrected chi connectivity index (χ4v) is 2.15. The zero-order chi connectivity index (χ0) is 16.0. The fourth-order valence-electron chi connectivity index (χ4n) is 1.53. The molecule has 7 heteroatoms. The summed E-state index contributed by atoms with van der Waals surface area (Å²) in [6, 6.07) is 2.51. The first-order valence-electron chi connectivity index (χ1n) is 6.02. The van der Waals surface area contributed by atoms with Crippen LogP contribution >= 0.6 is 15.9 Å². The third-order valence-corrected chi connectivity index (χ3v) is 3.20. The Balaban J connectivity index is 2.88. The molecule has 1 aromatic rings. The number of methoxy groups -OCH3 is 2. The van der Waals surface area contributed by atoms with Crippen LogP contribution in [0.4, 0.5) is 0 Å². The highest BCUT2D eigenvalue weighted by atomic mass is 79.9. The summed E-state index contributed by atoms with van der Waals surface area (Å²) in [6.45, 7) is 1.39. The van der Waals surface area contributed by atoms with E-state index < -0.39 is 17.9 Å². The van der Waals surface area contributed by atoms with Crippen LogP contribution in [0.2, 0.25) is 0 Å². The zero-order valence-electron chi connectivity index (χ0n) is 11.8. The third kappa shape index (κ3) is 4.78.